The maximum atomic E-state index is 12.5. The molecule has 0 heterocycles. The van der Waals surface area contributed by atoms with Crippen LogP contribution in [-0.4, -0.2) is 86.4 Å². The van der Waals surface area contributed by atoms with Gasteiger partial charge in [0.15, 0.2) is 0 Å². The van der Waals surface area contributed by atoms with Gasteiger partial charge in [0, 0.05) is 32.4 Å². The molecule has 1 fully saturated rings. The number of fused-ring (bicyclic) bond motifs is 1. The maximum absolute atomic E-state index is 12.5. The number of unbranched alkanes of at least 4 members (excludes halogenated alkanes) is 2. The maximum Gasteiger partial charge on any atom is 0.407 e. The molecule has 2 amide bonds. The average Bonchev–Trinajstić information content (AvgIpc) is 3.67. The van der Waals surface area contributed by atoms with Gasteiger partial charge in [-0.1, -0.05) is 12.1 Å². The summed E-state index contributed by atoms with van der Waals surface area (Å²) in [5.74, 6) is 8.77. The number of rotatable bonds is 23. The van der Waals surface area contributed by atoms with Crippen molar-refractivity contribution in [1.82, 2.24) is 10.6 Å². The highest BCUT2D eigenvalue weighted by Crippen LogP contribution is 2.52. The molecule has 46 heavy (non-hydrogen) atoms. The van der Waals surface area contributed by atoms with Gasteiger partial charge in [-0.25, -0.2) is 4.79 Å². The number of halogens is 1. The highest BCUT2D eigenvalue weighted by atomic mass is 32.3. The molecule has 2 aliphatic carbocycles. The summed E-state index contributed by atoms with van der Waals surface area (Å²) in [6.45, 7) is 4.22. The van der Waals surface area contributed by atoms with Gasteiger partial charge in [-0.15, -0.1) is 15.7 Å². The lowest BCUT2D eigenvalue weighted by Crippen LogP contribution is -2.29. The molecule has 3 rings (SSSR count). The topological polar surface area (TPSA) is 138 Å². The van der Waals surface area contributed by atoms with Crippen molar-refractivity contribution in [3.63, 3.8) is 0 Å². The predicted molar refractivity (Wildman–Crippen MR) is 171 cm³/mol. The molecule has 2 N–H and O–H groups in total. The van der Waals surface area contributed by atoms with E-state index in [1.807, 2.05) is 0 Å². The first-order chi connectivity index (χ1) is 22.3. The number of amides is 2. The third kappa shape index (κ3) is 16.9. The average molecular weight is 667 g/mol. The fourth-order valence-corrected chi connectivity index (χ4v) is 5.53. The molecule has 1 unspecified atom stereocenters. The van der Waals surface area contributed by atoms with E-state index in [0.717, 1.165) is 44.9 Å². The van der Waals surface area contributed by atoms with E-state index in [2.05, 4.69) is 22.5 Å². The zero-order chi connectivity index (χ0) is 32.9. The van der Waals surface area contributed by atoms with Crippen LogP contribution < -0.4 is 15.4 Å². The van der Waals surface area contributed by atoms with Crippen LogP contribution in [0.5, 0.6) is 5.75 Å². The summed E-state index contributed by atoms with van der Waals surface area (Å²) in [5, 5.41) is 6.05. The van der Waals surface area contributed by atoms with Crippen molar-refractivity contribution in [2.24, 2.45) is 17.8 Å². The molecule has 3 atom stereocenters. The molecule has 0 aromatic heterocycles. The van der Waals surface area contributed by atoms with E-state index in [4.69, 9.17) is 23.7 Å². The fourth-order valence-electron chi connectivity index (χ4n) is 5.21. The van der Waals surface area contributed by atoms with Crippen LogP contribution >= 0.6 is 0 Å². The number of ether oxygens (including phenoxy) is 5. The van der Waals surface area contributed by atoms with Crippen LogP contribution in [0.4, 0.5) is 8.68 Å². The number of alkyl carbamates (subject to hydrolysis) is 1. The zero-order valence-electron chi connectivity index (χ0n) is 26.4. The first-order valence-corrected chi connectivity index (χ1v) is 17.5. The van der Waals surface area contributed by atoms with Gasteiger partial charge in [0.1, 0.15) is 5.75 Å². The Morgan fingerprint density at radius 2 is 1.43 bits per heavy atom. The van der Waals surface area contributed by atoms with Crippen molar-refractivity contribution in [2.45, 2.75) is 51.4 Å². The van der Waals surface area contributed by atoms with Gasteiger partial charge in [0.05, 0.1) is 58.3 Å². The van der Waals surface area contributed by atoms with Crippen molar-refractivity contribution in [1.29, 1.82) is 0 Å². The van der Waals surface area contributed by atoms with Crippen molar-refractivity contribution in [3.05, 3.63) is 35.2 Å². The molecule has 0 saturated heterocycles. The molecule has 0 aliphatic heterocycles. The second kappa shape index (κ2) is 21.6. The van der Waals surface area contributed by atoms with Gasteiger partial charge in [-0.2, -0.15) is 8.42 Å². The quantitative estimate of drug-likeness (QED) is 0.0999. The Kier molecular flexibility index (Phi) is 17.5. The highest BCUT2D eigenvalue weighted by Gasteiger charge is 2.49. The second-order valence-electron chi connectivity index (χ2n) is 11.1. The minimum atomic E-state index is -4.65. The van der Waals surface area contributed by atoms with Gasteiger partial charge in [0.2, 0.25) is 5.91 Å². The third-order valence-corrected chi connectivity index (χ3v) is 8.16. The lowest BCUT2D eigenvalue weighted by atomic mass is 10.1. The molecule has 256 valence electrons. The predicted octanol–water partition coefficient (Wildman–Crippen LogP) is 4.23. The number of benzene rings is 1. The van der Waals surface area contributed by atoms with Gasteiger partial charge in [0.25, 0.3) is 0 Å². The van der Waals surface area contributed by atoms with Gasteiger partial charge in [-0.05, 0) is 73.6 Å². The minimum Gasteiger partial charge on any atom is -0.494 e. The lowest BCUT2D eigenvalue weighted by molar-refractivity contribution is -0.121. The summed E-state index contributed by atoms with van der Waals surface area (Å²) in [6, 6.07) is 6.63. The molecular formula is C33H47FN2O9S. The largest absolute Gasteiger partial charge is 0.494 e. The Labute approximate surface area is 272 Å². The van der Waals surface area contributed by atoms with Crippen LogP contribution in [-0.2, 0) is 34.0 Å². The molecule has 2 aliphatic rings. The molecule has 13 heteroatoms. The molecule has 1 aromatic carbocycles. The van der Waals surface area contributed by atoms with Crippen molar-refractivity contribution >= 4 is 28.3 Å². The molecular weight excluding hydrogens is 619 g/mol. The Bertz CT molecular complexity index is 1230. The Morgan fingerprint density at radius 1 is 0.826 bits per heavy atom. The van der Waals surface area contributed by atoms with E-state index in [1.54, 1.807) is 24.3 Å². The summed E-state index contributed by atoms with van der Waals surface area (Å²) in [4.78, 5) is 23.9. The summed E-state index contributed by atoms with van der Waals surface area (Å²) in [5.41, 5.74) is 0.546. The van der Waals surface area contributed by atoms with E-state index in [9.17, 15) is 21.9 Å². The first-order valence-electron chi connectivity index (χ1n) is 16.0. The monoisotopic (exact) mass is 666 g/mol. The van der Waals surface area contributed by atoms with E-state index < -0.39 is 16.3 Å². The SMILES string of the molecule is O=C(CCCCCOc1ccc(/C=C/S(=O)(=O)F)cc1)NCCOCCOCCOCCNC(=O)OCC1[C@H]2CCC#CCC[C@@H]12. The Morgan fingerprint density at radius 3 is 2.07 bits per heavy atom. The van der Waals surface area contributed by atoms with Gasteiger partial charge < -0.3 is 34.3 Å². The van der Waals surface area contributed by atoms with Crippen LogP contribution in [0.3, 0.4) is 0 Å². The minimum absolute atomic E-state index is 0.0264. The Hall–Kier alpha value is -3.18. The van der Waals surface area contributed by atoms with Crippen LogP contribution in [0, 0.1) is 29.6 Å². The normalized spacial score (nSPS) is 18.8. The fraction of sp³-hybridized carbons (Fsp3) is 0.636. The highest BCUT2D eigenvalue weighted by molar-refractivity contribution is 7.89. The smallest absolute Gasteiger partial charge is 0.407 e. The van der Waals surface area contributed by atoms with E-state index in [0.29, 0.717) is 107 Å². The van der Waals surface area contributed by atoms with Crippen LogP contribution in [0.2, 0.25) is 0 Å². The molecule has 1 saturated carbocycles. The van der Waals surface area contributed by atoms with Gasteiger partial charge in [-0.3, -0.25) is 4.79 Å². The summed E-state index contributed by atoms with van der Waals surface area (Å²) < 4.78 is 61.0. The number of hydrogen-bond donors (Lipinski definition) is 2. The Balaban J connectivity index is 1.02. The number of carbonyl (C=O) groups is 2. The van der Waals surface area contributed by atoms with Crippen LogP contribution in [0.25, 0.3) is 6.08 Å². The number of hydrogen-bond acceptors (Lipinski definition) is 9. The van der Waals surface area contributed by atoms with E-state index in [1.165, 1.54) is 6.08 Å². The second-order valence-corrected chi connectivity index (χ2v) is 12.4. The van der Waals surface area contributed by atoms with Gasteiger partial charge >= 0.3 is 16.3 Å². The zero-order valence-corrected chi connectivity index (χ0v) is 27.2. The lowest BCUT2D eigenvalue weighted by Gasteiger charge is -2.09. The van der Waals surface area contributed by atoms with Crippen LogP contribution in [0.1, 0.15) is 56.9 Å². The summed E-state index contributed by atoms with van der Waals surface area (Å²) in [7, 11) is -4.65. The van der Waals surface area contributed by atoms with Crippen LogP contribution in [0.15, 0.2) is 29.7 Å². The van der Waals surface area contributed by atoms with E-state index in [-0.39, 0.29) is 5.91 Å². The standard InChI is InChI=1S/C33H47FN2O9S/c34-46(39,40)25-15-27-11-13-28(14-12-27)44-18-7-3-6-10-32(37)35-16-19-41-21-23-43-24-22-42-20-17-36-33(38)45-26-31-29-8-4-1-2-5-9-30(29)31/h11-15,25,29-31H,3-10,16-24,26H2,(H,35,37)(H,36,38)/b25-15+/t29-,30+,31?. The molecule has 0 spiro atoms. The molecule has 1 aromatic rings. The summed E-state index contributed by atoms with van der Waals surface area (Å²) >= 11 is 0. The molecule has 0 radical (unpaired) electrons. The van der Waals surface area contributed by atoms with Crippen molar-refractivity contribution in [3.8, 4) is 17.6 Å². The third-order valence-electron chi connectivity index (χ3n) is 7.69. The number of nitrogens with one attached hydrogen (secondary N) is 2. The molecule has 0 bridgehead atoms. The van der Waals surface area contributed by atoms with Crippen molar-refractivity contribution < 1.29 is 45.6 Å². The summed E-state index contributed by atoms with van der Waals surface area (Å²) in [6.07, 6.45) is 7.68. The first kappa shape index (κ1) is 37.3. The van der Waals surface area contributed by atoms with E-state index >= 15 is 0 Å². The molecule has 11 nitrogen and oxygen atoms in total. The number of carbonyl (C=O) groups excluding carboxylic acids is 2. The van der Waals surface area contributed by atoms with Crippen molar-refractivity contribution in [2.75, 3.05) is 65.9 Å².